The minimum absolute atomic E-state index is 0.128. The summed E-state index contributed by atoms with van der Waals surface area (Å²) < 4.78 is 11.1. The number of fused-ring (bicyclic) bond motifs is 1. The van der Waals surface area contributed by atoms with Gasteiger partial charge in [-0.15, -0.1) is 5.10 Å². The zero-order chi connectivity index (χ0) is 15.6. The van der Waals surface area contributed by atoms with E-state index in [2.05, 4.69) is 25.8 Å². The highest BCUT2D eigenvalue weighted by Gasteiger charge is 2.14. The SMILES string of the molecule is CC(C)(C)Nc1nncc(Nc2ccc3c(c2)OCCO3)n1. The Hall–Kier alpha value is -2.57. The Bertz CT molecular complexity index is 669. The first-order valence-corrected chi connectivity index (χ1v) is 7.14. The van der Waals surface area contributed by atoms with Crippen LogP contribution in [0.25, 0.3) is 0 Å². The van der Waals surface area contributed by atoms with Crippen LogP contribution in [-0.4, -0.2) is 33.9 Å². The fourth-order valence-electron chi connectivity index (χ4n) is 2.02. The Morgan fingerprint density at radius 3 is 2.64 bits per heavy atom. The lowest BCUT2D eigenvalue weighted by molar-refractivity contribution is 0.171. The van der Waals surface area contributed by atoms with Crippen LogP contribution in [0, 0.1) is 0 Å². The van der Waals surface area contributed by atoms with E-state index in [1.165, 1.54) is 0 Å². The van der Waals surface area contributed by atoms with Gasteiger partial charge in [0.1, 0.15) is 13.2 Å². The van der Waals surface area contributed by atoms with E-state index in [9.17, 15) is 0 Å². The number of nitrogens with zero attached hydrogens (tertiary/aromatic N) is 3. The molecule has 1 aliphatic rings. The Morgan fingerprint density at radius 2 is 1.86 bits per heavy atom. The number of rotatable bonds is 3. The van der Waals surface area contributed by atoms with Crippen LogP contribution in [0.3, 0.4) is 0 Å². The van der Waals surface area contributed by atoms with Crippen LogP contribution in [-0.2, 0) is 0 Å². The molecule has 0 radical (unpaired) electrons. The van der Waals surface area contributed by atoms with Crippen LogP contribution in [0.15, 0.2) is 24.4 Å². The van der Waals surface area contributed by atoms with Crippen LogP contribution in [0.4, 0.5) is 17.5 Å². The smallest absolute Gasteiger partial charge is 0.245 e. The molecule has 2 aromatic rings. The van der Waals surface area contributed by atoms with E-state index in [1.54, 1.807) is 6.20 Å². The molecule has 3 rings (SSSR count). The number of anilines is 3. The second-order valence-electron chi connectivity index (χ2n) is 6.02. The summed E-state index contributed by atoms with van der Waals surface area (Å²) in [6.07, 6.45) is 1.57. The number of nitrogens with one attached hydrogen (secondary N) is 2. The van der Waals surface area contributed by atoms with E-state index in [4.69, 9.17) is 9.47 Å². The average molecular weight is 301 g/mol. The molecule has 2 N–H and O–H groups in total. The van der Waals surface area contributed by atoms with Crippen LogP contribution in [0.5, 0.6) is 11.5 Å². The first-order chi connectivity index (χ1) is 10.5. The van der Waals surface area contributed by atoms with Gasteiger partial charge in [0.2, 0.25) is 5.95 Å². The Labute approximate surface area is 129 Å². The molecule has 0 bridgehead atoms. The third-order valence-corrected chi connectivity index (χ3v) is 2.86. The largest absolute Gasteiger partial charge is 0.486 e. The Morgan fingerprint density at radius 1 is 1.09 bits per heavy atom. The zero-order valence-electron chi connectivity index (χ0n) is 12.9. The summed E-state index contributed by atoms with van der Waals surface area (Å²) in [6, 6.07) is 5.67. The van der Waals surface area contributed by atoms with E-state index in [0.29, 0.717) is 25.0 Å². The third kappa shape index (κ3) is 3.55. The maximum absolute atomic E-state index is 5.57. The minimum atomic E-state index is -0.128. The van der Waals surface area contributed by atoms with Crippen LogP contribution < -0.4 is 20.1 Å². The molecule has 7 nitrogen and oxygen atoms in total. The van der Waals surface area contributed by atoms with E-state index < -0.39 is 0 Å². The zero-order valence-corrected chi connectivity index (χ0v) is 12.9. The van der Waals surface area contributed by atoms with Crippen molar-refractivity contribution in [2.24, 2.45) is 0 Å². The monoisotopic (exact) mass is 301 g/mol. The molecule has 2 heterocycles. The van der Waals surface area contributed by atoms with Crippen LogP contribution in [0.1, 0.15) is 20.8 Å². The summed E-state index contributed by atoms with van der Waals surface area (Å²) in [5.74, 6) is 2.58. The summed E-state index contributed by atoms with van der Waals surface area (Å²) in [5.41, 5.74) is 0.726. The van der Waals surface area contributed by atoms with Crippen molar-refractivity contribution in [2.75, 3.05) is 23.8 Å². The minimum Gasteiger partial charge on any atom is -0.486 e. The second kappa shape index (κ2) is 5.67. The van der Waals surface area contributed by atoms with Crippen molar-refractivity contribution in [3.05, 3.63) is 24.4 Å². The number of aromatic nitrogens is 3. The maximum atomic E-state index is 5.57. The summed E-state index contributed by atoms with van der Waals surface area (Å²) in [6.45, 7) is 7.26. The van der Waals surface area contributed by atoms with E-state index >= 15 is 0 Å². The lowest BCUT2D eigenvalue weighted by Crippen LogP contribution is -2.27. The van der Waals surface area contributed by atoms with Crippen molar-refractivity contribution < 1.29 is 9.47 Å². The Kier molecular flexibility index (Phi) is 3.70. The molecular weight excluding hydrogens is 282 g/mol. The van der Waals surface area contributed by atoms with Crippen LogP contribution >= 0.6 is 0 Å². The molecule has 0 aliphatic carbocycles. The predicted octanol–water partition coefficient (Wildman–Crippen LogP) is 2.60. The molecule has 22 heavy (non-hydrogen) atoms. The molecule has 116 valence electrons. The molecule has 7 heteroatoms. The standard InChI is InChI=1S/C15H19N5O2/c1-15(2,3)19-14-18-13(9-16-20-14)17-10-4-5-11-12(8-10)22-7-6-21-11/h4-5,8-9H,6-7H2,1-3H3,(H2,17,18,19,20). The van der Waals surface area contributed by atoms with Crippen molar-refractivity contribution in [1.29, 1.82) is 0 Å². The first kappa shape index (κ1) is 14.4. The molecule has 1 aromatic heterocycles. The predicted molar refractivity (Wildman–Crippen MR) is 83.9 cm³/mol. The van der Waals surface area contributed by atoms with Gasteiger partial charge in [0.25, 0.3) is 0 Å². The lowest BCUT2D eigenvalue weighted by atomic mass is 10.1. The molecule has 0 unspecified atom stereocenters. The average Bonchev–Trinajstić information content (AvgIpc) is 2.46. The van der Waals surface area contributed by atoms with Crippen molar-refractivity contribution in [2.45, 2.75) is 26.3 Å². The van der Waals surface area contributed by atoms with Crippen molar-refractivity contribution >= 4 is 17.5 Å². The normalized spacial score (nSPS) is 13.6. The molecular formula is C15H19N5O2. The van der Waals surface area contributed by atoms with Crippen LogP contribution in [0.2, 0.25) is 0 Å². The summed E-state index contributed by atoms with van der Waals surface area (Å²) in [7, 11) is 0. The molecule has 0 fully saturated rings. The first-order valence-electron chi connectivity index (χ1n) is 7.14. The van der Waals surface area contributed by atoms with Crippen molar-refractivity contribution in [1.82, 2.24) is 15.2 Å². The molecule has 0 saturated carbocycles. The number of hydrogen-bond acceptors (Lipinski definition) is 7. The second-order valence-corrected chi connectivity index (χ2v) is 6.02. The number of hydrogen-bond donors (Lipinski definition) is 2. The molecule has 0 spiro atoms. The number of benzene rings is 1. The topological polar surface area (TPSA) is 81.2 Å². The van der Waals surface area contributed by atoms with Gasteiger partial charge in [-0.3, -0.25) is 0 Å². The fourth-order valence-corrected chi connectivity index (χ4v) is 2.02. The Balaban J connectivity index is 1.77. The van der Waals surface area contributed by atoms with Gasteiger partial charge in [-0.2, -0.15) is 10.1 Å². The third-order valence-electron chi connectivity index (χ3n) is 2.86. The highest BCUT2D eigenvalue weighted by molar-refractivity contribution is 5.61. The highest BCUT2D eigenvalue weighted by atomic mass is 16.6. The van der Waals surface area contributed by atoms with Crippen molar-refractivity contribution in [3.63, 3.8) is 0 Å². The summed E-state index contributed by atoms with van der Waals surface area (Å²) >= 11 is 0. The van der Waals surface area contributed by atoms with Gasteiger partial charge in [0.15, 0.2) is 17.3 Å². The molecule has 0 amide bonds. The molecule has 1 aromatic carbocycles. The van der Waals surface area contributed by atoms with Gasteiger partial charge in [-0.1, -0.05) is 0 Å². The number of ether oxygens (including phenoxy) is 2. The van der Waals surface area contributed by atoms with Crippen molar-refractivity contribution in [3.8, 4) is 11.5 Å². The van der Waals surface area contributed by atoms with E-state index in [-0.39, 0.29) is 5.54 Å². The quantitative estimate of drug-likeness (QED) is 0.901. The lowest BCUT2D eigenvalue weighted by Gasteiger charge is -2.20. The van der Waals surface area contributed by atoms with Gasteiger partial charge in [0, 0.05) is 17.3 Å². The molecule has 0 atom stereocenters. The molecule has 1 aliphatic heterocycles. The molecule has 0 saturated heterocycles. The fraction of sp³-hybridized carbons (Fsp3) is 0.400. The van der Waals surface area contributed by atoms with Gasteiger partial charge in [-0.25, -0.2) is 0 Å². The van der Waals surface area contributed by atoms with E-state index in [1.807, 2.05) is 39.0 Å². The summed E-state index contributed by atoms with van der Waals surface area (Å²) in [5, 5.41) is 14.3. The van der Waals surface area contributed by atoms with Gasteiger partial charge in [-0.05, 0) is 32.9 Å². The van der Waals surface area contributed by atoms with Gasteiger partial charge >= 0.3 is 0 Å². The van der Waals surface area contributed by atoms with Gasteiger partial charge in [0.05, 0.1) is 6.20 Å². The maximum Gasteiger partial charge on any atom is 0.245 e. The summed E-state index contributed by atoms with van der Waals surface area (Å²) in [4.78, 5) is 4.40. The van der Waals surface area contributed by atoms with Gasteiger partial charge < -0.3 is 20.1 Å². The van der Waals surface area contributed by atoms with E-state index in [0.717, 1.165) is 17.2 Å². The highest BCUT2D eigenvalue weighted by Crippen LogP contribution is 2.33.